The zero-order valence-electron chi connectivity index (χ0n) is 22.5. The maximum atomic E-state index is 13.7. The van der Waals surface area contributed by atoms with Gasteiger partial charge in [0.05, 0.1) is 16.6 Å². The van der Waals surface area contributed by atoms with Crippen molar-refractivity contribution in [3.63, 3.8) is 0 Å². The van der Waals surface area contributed by atoms with E-state index in [4.69, 9.17) is 5.73 Å². The Kier molecular flexibility index (Phi) is 8.69. The fraction of sp³-hybridized carbons (Fsp3) is 0.462. The van der Waals surface area contributed by atoms with Crippen molar-refractivity contribution >= 4 is 27.5 Å². The SMILES string of the molecule is CC(C)C(C)(NC(=O)C[C@H]1CCc2cc(C(O)(C(F)(F)F)C(F)(F)F)ccc2N1S(=O)(=O)c1ccc(F)cc1)C(N)=O. The first-order valence-electron chi connectivity index (χ1n) is 12.5. The number of primary amides is 1. The first kappa shape index (κ1) is 33.1. The highest BCUT2D eigenvalue weighted by Gasteiger charge is 2.71. The van der Waals surface area contributed by atoms with Crippen LogP contribution < -0.4 is 15.4 Å². The van der Waals surface area contributed by atoms with E-state index in [-0.39, 0.29) is 24.1 Å². The van der Waals surface area contributed by atoms with Gasteiger partial charge < -0.3 is 16.2 Å². The number of aliphatic hydroxyl groups is 1. The summed E-state index contributed by atoms with van der Waals surface area (Å²) < 4.78 is 123. The van der Waals surface area contributed by atoms with Gasteiger partial charge in [0.25, 0.3) is 15.6 Å². The number of halogens is 7. The Bertz CT molecular complexity index is 1450. The van der Waals surface area contributed by atoms with Gasteiger partial charge in [0.15, 0.2) is 0 Å². The smallest absolute Gasteiger partial charge is 0.369 e. The van der Waals surface area contributed by atoms with E-state index in [0.717, 1.165) is 24.3 Å². The predicted molar refractivity (Wildman–Crippen MR) is 136 cm³/mol. The van der Waals surface area contributed by atoms with Crippen LogP contribution in [-0.4, -0.2) is 49.3 Å². The molecule has 0 saturated heterocycles. The number of nitrogens with one attached hydrogen (secondary N) is 1. The molecular formula is C26H28F7N3O5S. The third kappa shape index (κ3) is 5.78. The number of sulfonamides is 1. The molecule has 16 heteroatoms. The van der Waals surface area contributed by atoms with E-state index in [2.05, 4.69) is 5.32 Å². The Morgan fingerprint density at radius 2 is 1.60 bits per heavy atom. The summed E-state index contributed by atoms with van der Waals surface area (Å²) in [6.45, 7) is 4.58. The number of carbonyl (C=O) groups excluding carboxylic acids is 2. The van der Waals surface area contributed by atoms with Crippen LogP contribution in [0.5, 0.6) is 0 Å². The lowest BCUT2D eigenvalue weighted by molar-refractivity contribution is -0.376. The number of amides is 2. The number of rotatable bonds is 8. The standard InChI is InChI=1S/C26H28F7N3O5S/c1-14(2)23(3,22(34)38)35-21(37)13-18-8-4-15-12-16(24(39,25(28,29)30)26(31,32)33)5-11-20(15)36(18)42(40,41)19-9-6-17(27)7-10-19/h5-7,9-12,14,18,39H,4,8,13H2,1-3H3,(H2,34,38)(H,35,37)/t18-,23?/m1/s1. The monoisotopic (exact) mass is 627 g/mol. The second-order valence-corrected chi connectivity index (χ2v) is 12.3. The van der Waals surface area contributed by atoms with E-state index in [9.17, 15) is 53.8 Å². The molecule has 0 spiro atoms. The molecule has 1 aliphatic heterocycles. The van der Waals surface area contributed by atoms with Crippen molar-refractivity contribution in [2.45, 2.75) is 74.5 Å². The number of aryl methyl sites for hydroxylation is 1. The second-order valence-electron chi connectivity index (χ2n) is 10.5. The minimum absolute atomic E-state index is 0.254. The fourth-order valence-corrected chi connectivity index (χ4v) is 6.34. The van der Waals surface area contributed by atoms with Crippen molar-refractivity contribution in [1.29, 1.82) is 0 Å². The zero-order valence-corrected chi connectivity index (χ0v) is 23.3. The van der Waals surface area contributed by atoms with E-state index >= 15 is 0 Å². The number of hydrogen-bond donors (Lipinski definition) is 3. The molecule has 1 heterocycles. The minimum atomic E-state index is -6.17. The Labute approximate surface area is 236 Å². The van der Waals surface area contributed by atoms with E-state index in [0.29, 0.717) is 22.5 Å². The molecule has 1 unspecified atom stereocenters. The molecule has 1 aliphatic rings. The highest BCUT2D eigenvalue weighted by Crippen LogP contribution is 2.51. The van der Waals surface area contributed by atoms with Crippen LogP contribution in [0.3, 0.4) is 0 Å². The van der Waals surface area contributed by atoms with Crippen molar-refractivity contribution < 1.29 is 53.8 Å². The summed E-state index contributed by atoms with van der Waals surface area (Å²) in [7, 11) is -4.68. The van der Waals surface area contributed by atoms with Crippen LogP contribution in [0.25, 0.3) is 0 Å². The summed E-state index contributed by atoms with van der Waals surface area (Å²) in [4.78, 5) is 24.6. The number of alkyl halides is 6. The molecule has 3 rings (SSSR count). The zero-order chi connectivity index (χ0) is 32.1. The quantitative estimate of drug-likeness (QED) is 0.381. The molecule has 2 atom stereocenters. The molecule has 0 aliphatic carbocycles. The molecule has 0 radical (unpaired) electrons. The highest BCUT2D eigenvalue weighted by atomic mass is 32.2. The summed E-state index contributed by atoms with van der Waals surface area (Å²) in [5.74, 6) is -2.95. The van der Waals surface area contributed by atoms with Crippen LogP contribution in [0, 0.1) is 11.7 Å². The first-order valence-corrected chi connectivity index (χ1v) is 13.9. The van der Waals surface area contributed by atoms with Crippen LogP contribution in [0.1, 0.15) is 44.7 Å². The lowest BCUT2D eigenvalue weighted by atomic mass is 9.86. The Hall–Kier alpha value is -3.40. The Morgan fingerprint density at radius 1 is 1.05 bits per heavy atom. The van der Waals surface area contributed by atoms with Gasteiger partial charge in [-0.05, 0) is 61.6 Å². The number of nitrogens with two attached hydrogens (primary N) is 1. The molecule has 2 aromatic carbocycles. The molecule has 0 aromatic heterocycles. The van der Waals surface area contributed by atoms with Gasteiger partial charge in [-0.1, -0.05) is 26.0 Å². The van der Waals surface area contributed by atoms with Gasteiger partial charge in [-0.25, -0.2) is 12.8 Å². The van der Waals surface area contributed by atoms with Gasteiger partial charge in [-0.15, -0.1) is 0 Å². The molecule has 8 nitrogen and oxygen atoms in total. The van der Waals surface area contributed by atoms with Crippen LogP contribution in [0.4, 0.5) is 36.4 Å². The normalized spacial score (nSPS) is 17.9. The molecular weight excluding hydrogens is 599 g/mol. The first-order chi connectivity index (χ1) is 19.1. The van der Waals surface area contributed by atoms with E-state index in [1.807, 2.05) is 0 Å². The van der Waals surface area contributed by atoms with E-state index < -0.39 is 80.0 Å². The number of hydrogen-bond acceptors (Lipinski definition) is 5. The van der Waals surface area contributed by atoms with Crippen LogP contribution in [0.15, 0.2) is 47.4 Å². The highest BCUT2D eigenvalue weighted by molar-refractivity contribution is 7.92. The molecule has 0 fully saturated rings. The number of benzene rings is 2. The fourth-order valence-electron chi connectivity index (χ4n) is 4.63. The predicted octanol–water partition coefficient (Wildman–Crippen LogP) is 4.05. The largest absolute Gasteiger partial charge is 0.430 e. The maximum Gasteiger partial charge on any atom is 0.430 e. The minimum Gasteiger partial charge on any atom is -0.369 e. The molecule has 0 saturated carbocycles. The third-order valence-corrected chi connectivity index (χ3v) is 9.37. The lowest BCUT2D eigenvalue weighted by Gasteiger charge is -2.39. The Balaban J connectivity index is 2.15. The number of anilines is 1. The molecule has 42 heavy (non-hydrogen) atoms. The molecule has 4 N–H and O–H groups in total. The van der Waals surface area contributed by atoms with Crippen LogP contribution >= 0.6 is 0 Å². The van der Waals surface area contributed by atoms with Crippen molar-refractivity contribution in [3.05, 3.63) is 59.4 Å². The number of carbonyl (C=O) groups is 2. The summed E-state index contributed by atoms with van der Waals surface area (Å²) in [5.41, 5.74) is -3.55. The van der Waals surface area contributed by atoms with Gasteiger partial charge in [0, 0.05) is 12.0 Å². The van der Waals surface area contributed by atoms with Gasteiger partial charge in [-0.3, -0.25) is 13.9 Å². The average Bonchev–Trinajstić information content (AvgIpc) is 2.86. The van der Waals surface area contributed by atoms with E-state index in [1.165, 1.54) is 6.92 Å². The average molecular weight is 628 g/mol. The van der Waals surface area contributed by atoms with Crippen molar-refractivity contribution in [2.24, 2.45) is 11.7 Å². The van der Waals surface area contributed by atoms with Crippen LogP contribution in [-0.2, 0) is 31.6 Å². The van der Waals surface area contributed by atoms with Gasteiger partial charge >= 0.3 is 12.4 Å². The van der Waals surface area contributed by atoms with Crippen LogP contribution in [0.2, 0.25) is 0 Å². The number of nitrogens with zero attached hydrogens (tertiary/aromatic N) is 1. The molecule has 232 valence electrons. The van der Waals surface area contributed by atoms with E-state index in [1.54, 1.807) is 13.8 Å². The lowest BCUT2D eigenvalue weighted by Crippen LogP contribution is -2.59. The molecule has 2 amide bonds. The molecule has 2 aromatic rings. The second kappa shape index (κ2) is 11.0. The summed E-state index contributed by atoms with van der Waals surface area (Å²) in [5, 5.41) is 12.3. The number of fused-ring (bicyclic) bond motifs is 1. The summed E-state index contributed by atoms with van der Waals surface area (Å²) in [6, 6.07) is 3.64. The Morgan fingerprint density at radius 3 is 2.07 bits per heavy atom. The topological polar surface area (TPSA) is 130 Å². The van der Waals surface area contributed by atoms with Crippen molar-refractivity contribution in [3.8, 4) is 0 Å². The third-order valence-electron chi connectivity index (χ3n) is 7.49. The van der Waals surface area contributed by atoms with Gasteiger partial charge in [0.2, 0.25) is 11.8 Å². The van der Waals surface area contributed by atoms with Gasteiger partial charge in [0.1, 0.15) is 11.4 Å². The maximum absolute atomic E-state index is 13.7. The van der Waals surface area contributed by atoms with Crippen molar-refractivity contribution in [2.75, 3.05) is 4.31 Å². The van der Waals surface area contributed by atoms with Crippen molar-refractivity contribution in [1.82, 2.24) is 5.32 Å². The summed E-state index contributed by atoms with van der Waals surface area (Å²) >= 11 is 0. The summed E-state index contributed by atoms with van der Waals surface area (Å²) in [6.07, 6.45) is -13.4. The van der Waals surface area contributed by atoms with Gasteiger partial charge in [-0.2, -0.15) is 26.3 Å². The molecule has 0 bridgehead atoms.